The molecule has 1 unspecified atom stereocenters. The van der Waals surface area contributed by atoms with Gasteiger partial charge in [0, 0.05) is 12.3 Å². The van der Waals surface area contributed by atoms with Crippen LogP contribution >= 0.6 is 0 Å². The zero-order valence-corrected chi connectivity index (χ0v) is 17.9. The summed E-state index contributed by atoms with van der Waals surface area (Å²) in [5.74, 6) is -2.43. The van der Waals surface area contributed by atoms with E-state index in [0.717, 1.165) is 22.3 Å². The smallest absolute Gasteiger partial charge is 0.407 e. The van der Waals surface area contributed by atoms with Crippen LogP contribution in [0.4, 0.5) is 18.0 Å². The number of carboxylic acid groups (broad SMARTS) is 1. The number of alkyl halides is 3. The fraction of sp³-hybridized carbons (Fsp3) is 0.348. The van der Waals surface area contributed by atoms with Crippen molar-refractivity contribution in [2.45, 2.75) is 37.4 Å². The molecule has 0 aromatic heterocycles. The Kier molecular flexibility index (Phi) is 8.11. The first-order valence-corrected chi connectivity index (χ1v) is 10.5. The molecule has 1 aliphatic carbocycles. The minimum atomic E-state index is -4.47. The van der Waals surface area contributed by atoms with Crippen molar-refractivity contribution in [3.63, 3.8) is 0 Å². The van der Waals surface area contributed by atoms with Gasteiger partial charge in [-0.25, -0.2) is 10.3 Å². The Balaban J connectivity index is 1.59. The molecule has 11 heteroatoms. The van der Waals surface area contributed by atoms with Gasteiger partial charge in [0.15, 0.2) is 0 Å². The summed E-state index contributed by atoms with van der Waals surface area (Å²) in [4.78, 5) is 40.0. The molecular formula is C23H23F3N2O6. The molecule has 3 N–H and O–H groups in total. The zero-order chi connectivity index (χ0) is 24.7. The molecule has 34 heavy (non-hydrogen) atoms. The minimum absolute atomic E-state index is 0.0325. The Bertz CT molecular complexity index is 998. The van der Waals surface area contributed by atoms with Crippen molar-refractivity contribution in [1.82, 2.24) is 10.8 Å². The van der Waals surface area contributed by atoms with E-state index < -0.39 is 49.6 Å². The van der Waals surface area contributed by atoms with Gasteiger partial charge in [-0.1, -0.05) is 48.5 Å². The Labute approximate surface area is 193 Å². The van der Waals surface area contributed by atoms with Crippen molar-refractivity contribution in [2.24, 2.45) is 0 Å². The molecule has 1 aliphatic rings. The lowest BCUT2D eigenvalue weighted by Crippen LogP contribution is -2.47. The second-order valence-corrected chi connectivity index (χ2v) is 7.63. The number of ether oxygens (including phenoxy) is 1. The van der Waals surface area contributed by atoms with Gasteiger partial charge in [0.2, 0.25) is 0 Å². The number of hydrogen-bond donors (Lipinski definition) is 3. The second kappa shape index (κ2) is 11.0. The predicted molar refractivity (Wildman–Crippen MR) is 114 cm³/mol. The van der Waals surface area contributed by atoms with Gasteiger partial charge in [0.1, 0.15) is 12.6 Å². The SMILES string of the molecule is O=C(O)CCC(NC(=O)OCC1c2ccccc2-c2ccccc21)C(=O)NOCCC(F)(F)F. The van der Waals surface area contributed by atoms with E-state index in [1.807, 2.05) is 48.5 Å². The van der Waals surface area contributed by atoms with E-state index in [-0.39, 0.29) is 18.9 Å². The van der Waals surface area contributed by atoms with Crippen molar-refractivity contribution < 1.29 is 42.2 Å². The average Bonchev–Trinajstić information content (AvgIpc) is 3.11. The summed E-state index contributed by atoms with van der Waals surface area (Å²) in [7, 11) is 0. The largest absolute Gasteiger partial charge is 0.481 e. The number of hydrogen-bond acceptors (Lipinski definition) is 5. The summed E-state index contributed by atoms with van der Waals surface area (Å²) in [5, 5.41) is 11.1. The van der Waals surface area contributed by atoms with E-state index in [9.17, 15) is 27.6 Å². The van der Waals surface area contributed by atoms with Crippen molar-refractivity contribution in [3.05, 3.63) is 59.7 Å². The number of rotatable bonds is 10. The highest BCUT2D eigenvalue weighted by atomic mass is 19.4. The molecule has 3 rings (SSSR count). The fourth-order valence-electron chi connectivity index (χ4n) is 3.68. The summed E-state index contributed by atoms with van der Waals surface area (Å²) in [6.45, 7) is -0.860. The Morgan fingerprint density at radius 2 is 1.59 bits per heavy atom. The normalized spacial score (nSPS) is 13.5. The molecule has 0 saturated heterocycles. The third-order valence-corrected chi connectivity index (χ3v) is 5.26. The van der Waals surface area contributed by atoms with E-state index in [1.54, 1.807) is 5.48 Å². The molecular weight excluding hydrogens is 457 g/mol. The number of amides is 2. The molecule has 0 spiro atoms. The minimum Gasteiger partial charge on any atom is -0.481 e. The van der Waals surface area contributed by atoms with Crippen LogP contribution in [0.25, 0.3) is 11.1 Å². The van der Waals surface area contributed by atoms with Crippen LogP contribution in [0.15, 0.2) is 48.5 Å². The average molecular weight is 480 g/mol. The van der Waals surface area contributed by atoms with Crippen LogP contribution in [0.1, 0.15) is 36.3 Å². The van der Waals surface area contributed by atoms with Crippen molar-refractivity contribution in [3.8, 4) is 11.1 Å². The first-order chi connectivity index (χ1) is 16.2. The highest BCUT2D eigenvalue weighted by Crippen LogP contribution is 2.44. The zero-order valence-electron chi connectivity index (χ0n) is 17.9. The lowest BCUT2D eigenvalue weighted by molar-refractivity contribution is -0.158. The second-order valence-electron chi connectivity index (χ2n) is 7.63. The van der Waals surface area contributed by atoms with Gasteiger partial charge in [-0.05, 0) is 28.7 Å². The molecule has 0 fully saturated rings. The molecule has 0 heterocycles. The van der Waals surface area contributed by atoms with Gasteiger partial charge in [-0.2, -0.15) is 13.2 Å². The molecule has 0 aliphatic heterocycles. The first kappa shape index (κ1) is 25.0. The molecule has 8 nitrogen and oxygen atoms in total. The maximum absolute atomic E-state index is 12.4. The number of aliphatic carboxylic acids is 1. The maximum atomic E-state index is 12.4. The Hall–Kier alpha value is -3.60. The summed E-state index contributed by atoms with van der Waals surface area (Å²) in [5.41, 5.74) is 5.83. The van der Waals surface area contributed by atoms with E-state index in [2.05, 4.69) is 10.2 Å². The monoisotopic (exact) mass is 480 g/mol. The number of carbonyl (C=O) groups is 3. The number of carboxylic acids is 1. The van der Waals surface area contributed by atoms with E-state index in [1.165, 1.54) is 0 Å². The molecule has 2 aromatic carbocycles. The molecule has 182 valence electrons. The standard InChI is InChI=1S/C23H23F3N2O6/c24-23(25,26)11-12-34-28-21(31)19(9-10-20(29)30)27-22(32)33-13-18-16-7-3-1-5-14(16)15-6-2-4-8-17(15)18/h1-8,18-19H,9-13H2,(H,27,32)(H,28,31)(H,29,30). The summed E-state index contributed by atoms with van der Waals surface area (Å²) < 4.78 is 41.9. The highest BCUT2D eigenvalue weighted by molar-refractivity contribution is 5.85. The molecule has 1 atom stereocenters. The molecule has 2 amide bonds. The number of nitrogens with one attached hydrogen (secondary N) is 2. The Morgan fingerprint density at radius 1 is 1.00 bits per heavy atom. The van der Waals surface area contributed by atoms with Crippen molar-refractivity contribution in [2.75, 3.05) is 13.2 Å². The molecule has 0 bridgehead atoms. The molecule has 0 saturated carbocycles. The highest BCUT2D eigenvalue weighted by Gasteiger charge is 2.30. The van der Waals surface area contributed by atoms with Crippen LogP contribution in [0.2, 0.25) is 0 Å². The topological polar surface area (TPSA) is 114 Å². The molecule has 0 radical (unpaired) electrons. The number of alkyl carbamates (subject to hydrolysis) is 1. The summed E-state index contributed by atoms with van der Waals surface area (Å²) >= 11 is 0. The van der Waals surface area contributed by atoms with E-state index in [0.29, 0.717) is 0 Å². The van der Waals surface area contributed by atoms with Crippen LogP contribution in [-0.4, -0.2) is 48.5 Å². The number of hydroxylamine groups is 1. The lowest BCUT2D eigenvalue weighted by atomic mass is 9.98. The number of benzene rings is 2. The lowest BCUT2D eigenvalue weighted by Gasteiger charge is -2.19. The number of carbonyl (C=O) groups excluding carboxylic acids is 2. The van der Waals surface area contributed by atoms with E-state index >= 15 is 0 Å². The summed E-state index contributed by atoms with van der Waals surface area (Å²) in [6, 6.07) is 14.0. The number of halogens is 3. The van der Waals surface area contributed by atoms with Crippen LogP contribution in [0, 0.1) is 0 Å². The maximum Gasteiger partial charge on any atom is 0.407 e. The van der Waals surface area contributed by atoms with Gasteiger partial charge >= 0.3 is 18.2 Å². The molecule has 2 aromatic rings. The predicted octanol–water partition coefficient (Wildman–Crippen LogP) is 3.76. The van der Waals surface area contributed by atoms with Crippen molar-refractivity contribution in [1.29, 1.82) is 0 Å². The van der Waals surface area contributed by atoms with Gasteiger partial charge in [0.05, 0.1) is 13.0 Å². The fourth-order valence-corrected chi connectivity index (χ4v) is 3.68. The van der Waals surface area contributed by atoms with Gasteiger partial charge in [-0.15, -0.1) is 0 Å². The Morgan fingerprint density at radius 3 is 2.15 bits per heavy atom. The van der Waals surface area contributed by atoms with Crippen molar-refractivity contribution >= 4 is 18.0 Å². The third-order valence-electron chi connectivity index (χ3n) is 5.26. The first-order valence-electron chi connectivity index (χ1n) is 10.5. The van der Waals surface area contributed by atoms with Gasteiger partial charge in [-0.3, -0.25) is 14.4 Å². The van der Waals surface area contributed by atoms with Crippen LogP contribution < -0.4 is 10.8 Å². The van der Waals surface area contributed by atoms with Crippen LogP contribution in [0.5, 0.6) is 0 Å². The number of fused-ring (bicyclic) bond motifs is 3. The third kappa shape index (κ3) is 6.70. The van der Waals surface area contributed by atoms with Gasteiger partial charge < -0.3 is 15.2 Å². The summed E-state index contributed by atoms with van der Waals surface area (Å²) in [6.07, 6.45) is -7.50. The van der Waals surface area contributed by atoms with Crippen LogP contribution in [0.3, 0.4) is 0 Å². The van der Waals surface area contributed by atoms with Gasteiger partial charge in [0.25, 0.3) is 5.91 Å². The van der Waals surface area contributed by atoms with Crippen LogP contribution in [-0.2, 0) is 19.2 Å². The van der Waals surface area contributed by atoms with E-state index in [4.69, 9.17) is 9.84 Å². The quantitative estimate of drug-likeness (QED) is 0.353.